The fourth-order valence-electron chi connectivity index (χ4n) is 2.22. The van der Waals surface area contributed by atoms with Crippen molar-refractivity contribution in [3.05, 3.63) is 35.4 Å². The molecule has 2 heteroatoms. The fourth-order valence-corrected chi connectivity index (χ4v) is 2.22. The van der Waals surface area contributed by atoms with Crippen LogP contribution in [0.4, 0.5) is 0 Å². The first-order valence-electron chi connectivity index (χ1n) is 7.03. The minimum absolute atomic E-state index is 0.537. The molecule has 0 bridgehead atoms. The highest BCUT2D eigenvalue weighted by atomic mass is 16.5. The molecule has 0 aromatic heterocycles. The van der Waals surface area contributed by atoms with Gasteiger partial charge in [0.05, 0.1) is 6.61 Å². The summed E-state index contributed by atoms with van der Waals surface area (Å²) in [6, 6.07) is 9.15. The molecular weight excluding hydrogens is 222 g/mol. The van der Waals surface area contributed by atoms with E-state index in [1.165, 1.54) is 24.0 Å². The number of benzene rings is 1. The Morgan fingerprint density at radius 3 is 2.56 bits per heavy atom. The first-order chi connectivity index (χ1) is 8.65. The molecule has 1 fully saturated rings. The van der Waals surface area contributed by atoms with Crippen LogP contribution in [0.3, 0.4) is 0 Å². The lowest BCUT2D eigenvalue weighted by atomic mass is 10.00. The summed E-state index contributed by atoms with van der Waals surface area (Å²) in [4.78, 5) is 0. The molecule has 1 aromatic carbocycles. The lowest BCUT2D eigenvalue weighted by molar-refractivity contribution is 0.133. The van der Waals surface area contributed by atoms with Gasteiger partial charge in [-0.2, -0.15) is 0 Å². The van der Waals surface area contributed by atoms with Gasteiger partial charge in [0.15, 0.2) is 0 Å². The van der Waals surface area contributed by atoms with Crippen LogP contribution in [0.25, 0.3) is 0 Å². The summed E-state index contributed by atoms with van der Waals surface area (Å²) in [6.45, 7) is 9.15. The average Bonchev–Trinajstić information content (AvgIpc) is 3.14. The predicted molar refractivity (Wildman–Crippen MR) is 75.4 cm³/mol. The van der Waals surface area contributed by atoms with Gasteiger partial charge in [-0.1, -0.05) is 31.2 Å². The number of hydrogen-bond donors (Lipinski definition) is 1. The van der Waals surface area contributed by atoms with Gasteiger partial charge in [-0.25, -0.2) is 0 Å². The third-order valence-electron chi connectivity index (χ3n) is 4.26. The number of hydrogen-bond acceptors (Lipinski definition) is 2. The van der Waals surface area contributed by atoms with Crippen LogP contribution in [0.5, 0.6) is 0 Å². The summed E-state index contributed by atoms with van der Waals surface area (Å²) in [5.41, 5.74) is 3.21. The van der Waals surface area contributed by atoms with Crippen molar-refractivity contribution in [3.8, 4) is 0 Å². The van der Waals surface area contributed by atoms with E-state index in [1.54, 1.807) is 0 Å². The van der Waals surface area contributed by atoms with Gasteiger partial charge in [-0.3, -0.25) is 0 Å². The standard InChI is InChI=1S/C16H25NO/c1-4-18-12-15-8-6-5-7-14(15)11-17-13(2)16(3)9-10-16/h5-8,13,17H,4,9-12H2,1-3H3. The molecular formula is C16H25NO. The topological polar surface area (TPSA) is 21.3 Å². The van der Waals surface area contributed by atoms with E-state index >= 15 is 0 Å². The molecule has 1 N–H and O–H groups in total. The maximum atomic E-state index is 5.52. The van der Waals surface area contributed by atoms with Gasteiger partial charge in [-0.15, -0.1) is 0 Å². The molecule has 0 aliphatic heterocycles. The van der Waals surface area contributed by atoms with Gasteiger partial charge >= 0.3 is 0 Å². The summed E-state index contributed by atoms with van der Waals surface area (Å²) in [7, 11) is 0. The zero-order valence-corrected chi connectivity index (χ0v) is 11.8. The van der Waals surface area contributed by atoms with Crippen LogP contribution in [0.15, 0.2) is 24.3 Å². The molecule has 2 rings (SSSR count). The Morgan fingerprint density at radius 2 is 1.94 bits per heavy atom. The van der Waals surface area contributed by atoms with Crippen LogP contribution in [0, 0.1) is 5.41 Å². The molecule has 0 radical (unpaired) electrons. The van der Waals surface area contributed by atoms with Crippen LogP contribution >= 0.6 is 0 Å². The van der Waals surface area contributed by atoms with Gasteiger partial charge in [0, 0.05) is 19.2 Å². The van der Waals surface area contributed by atoms with Crippen molar-refractivity contribution in [3.63, 3.8) is 0 Å². The Labute approximate surface area is 111 Å². The highest BCUT2D eigenvalue weighted by Gasteiger charge is 2.42. The molecule has 1 atom stereocenters. The molecule has 0 heterocycles. The van der Waals surface area contributed by atoms with E-state index in [9.17, 15) is 0 Å². The maximum absolute atomic E-state index is 5.52. The highest BCUT2D eigenvalue weighted by Crippen LogP contribution is 2.47. The minimum Gasteiger partial charge on any atom is -0.377 e. The maximum Gasteiger partial charge on any atom is 0.0719 e. The van der Waals surface area contributed by atoms with Gasteiger partial charge in [-0.05, 0) is 43.2 Å². The molecule has 1 aliphatic rings. The number of nitrogens with one attached hydrogen (secondary N) is 1. The van der Waals surface area contributed by atoms with Crippen molar-refractivity contribution >= 4 is 0 Å². The highest BCUT2D eigenvalue weighted by molar-refractivity contribution is 5.26. The third kappa shape index (κ3) is 3.33. The second-order valence-electron chi connectivity index (χ2n) is 5.66. The molecule has 1 aromatic rings. The van der Waals surface area contributed by atoms with Crippen LogP contribution in [0.2, 0.25) is 0 Å². The zero-order valence-electron chi connectivity index (χ0n) is 11.8. The molecule has 18 heavy (non-hydrogen) atoms. The van der Waals surface area contributed by atoms with E-state index in [2.05, 4.69) is 43.4 Å². The van der Waals surface area contributed by atoms with E-state index in [4.69, 9.17) is 4.74 Å². The molecule has 100 valence electrons. The summed E-state index contributed by atoms with van der Waals surface area (Å²) < 4.78 is 5.52. The minimum atomic E-state index is 0.537. The van der Waals surface area contributed by atoms with Gasteiger partial charge in [0.1, 0.15) is 0 Å². The summed E-state index contributed by atoms with van der Waals surface area (Å²) in [5.74, 6) is 0. The van der Waals surface area contributed by atoms with Crippen LogP contribution in [-0.4, -0.2) is 12.6 Å². The van der Waals surface area contributed by atoms with E-state index in [0.29, 0.717) is 11.5 Å². The summed E-state index contributed by atoms with van der Waals surface area (Å²) >= 11 is 0. The van der Waals surface area contributed by atoms with Crippen LogP contribution in [0.1, 0.15) is 44.7 Å². The smallest absolute Gasteiger partial charge is 0.0719 e. The number of rotatable bonds is 7. The predicted octanol–water partition coefficient (Wildman–Crippen LogP) is 3.50. The Balaban J connectivity index is 1.91. The van der Waals surface area contributed by atoms with Crippen molar-refractivity contribution in [1.29, 1.82) is 0 Å². The summed E-state index contributed by atoms with van der Waals surface area (Å²) in [6.07, 6.45) is 2.73. The molecule has 1 aliphatic carbocycles. The van der Waals surface area contributed by atoms with Crippen molar-refractivity contribution < 1.29 is 4.74 Å². The van der Waals surface area contributed by atoms with E-state index < -0.39 is 0 Å². The van der Waals surface area contributed by atoms with Crippen molar-refractivity contribution in [2.24, 2.45) is 5.41 Å². The van der Waals surface area contributed by atoms with E-state index in [-0.39, 0.29) is 0 Å². The first kappa shape index (κ1) is 13.6. The normalized spacial score (nSPS) is 18.6. The van der Waals surface area contributed by atoms with E-state index in [0.717, 1.165) is 19.8 Å². The second kappa shape index (κ2) is 5.85. The largest absolute Gasteiger partial charge is 0.377 e. The molecule has 0 amide bonds. The van der Waals surface area contributed by atoms with Gasteiger partial charge in [0.25, 0.3) is 0 Å². The Morgan fingerprint density at radius 1 is 1.28 bits per heavy atom. The molecule has 1 unspecified atom stereocenters. The molecule has 2 nitrogen and oxygen atoms in total. The molecule has 0 spiro atoms. The van der Waals surface area contributed by atoms with Crippen LogP contribution < -0.4 is 5.32 Å². The fraction of sp³-hybridized carbons (Fsp3) is 0.625. The van der Waals surface area contributed by atoms with Crippen molar-refractivity contribution in [2.45, 2.75) is 52.8 Å². The zero-order chi connectivity index (χ0) is 13.0. The van der Waals surface area contributed by atoms with Gasteiger partial charge in [0.2, 0.25) is 0 Å². The quantitative estimate of drug-likeness (QED) is 0.796. The Bertz CT molecular complexity index is 384. The third-order valence-corrected chi connectivity index (χ3v) is 4.26. The summed E-state index contributed by atoms with van der Waals surface area (Å²) in [5, 5.41) is 3.66. The lowest BCUT2D eigenvalue weighted by Crippen LogP contribution is -2.33. The number of ether oxygens (including phenoxy) is 1. The van der Waals surface area contributed by atoms with Crippen LogP contribution in [-0.2, 0) is 17.9 Å². The SMILES string of the molecule is CCOCc1ccccc1CNC(C)C1(C)CC1. The average molecular weight is 247 g/mol. The van der Waals surface area contributed by atoms with Crippen molar-refractivity contribution in [2.75, 3.05) is 6.61 Å². The molecule has 0 saturated heterocycles. The Hall–Kier alpha value is -0.860. The van der Waals surface area contributed by atoms with Crippen molar-refractivity contribution in [1.82, 2.24) is 5.32 Å². The lowest BCUT2D eigenvalue weighted by Gasteiger charge is -2.21. The monoisotopic (exact) mass is 247 g/mol. The second-order valence-corrected chi connectivity index (χ2v) is 5.66. The molecule has 1 saturated carbocycles. The van der Waals surface area contributed by atoms with Gasteiger partial charge < -0.3 is 10.1 Å². The Kier molecular flexibility index (Phi) is 4.41. The van der Waals surface area contributed by atoms with E-state index in [1.807, 2.05) is 6.92 Å². The first-order valence-corrected chi connectivity index (χ1v) is 7.03.